The summed E-state index contributed by atoms with van der Waals surface area (Å²) in [5.74, 6) is 0.905. The van der Waals surface area contributed by atoms with Crippen molar-refractivity contribution in [1.82, 2.24) is 14.5 Å². The van der Waals surface area contributed by atoms with Crippen molar-refractivity contribution in [3.05, 3.63) is 36.3 Å². The topological polar surface area (TPSA) is 50.9 Å². The molecule has 0 amide bonds. The average molecular weight is 215 g/mol. The minimum absolute atomic E-state index is 0.221. The zero-order valence-corrected chi connectivity index (χ0v) is 8.87. The molecule has 0 radical (unpaired) electrons. The Balaban J connectivity index is 2.04. The molecule has 1 N–H and O–H groups in total. The van der Waals surface area contributed by atoms with Crippen molar-refractivity contribution in [1.29, 1.82) is 0 Å². The van der Waals surface area contributed by atoms with Gasteiger partial charge in [0.15, 0.2) is 5.82 Å². The second kappa shape index (κ2) is 3.72. The number of hydrogen-bond acceptors (Lipinski definition) is 3. The maximum Gasteiger partial charge on any atom is 0.158 e. The number of aromatic nitrogens is 3. The first kappa shape index (κ1) is 9.54. The van der Waals surface area contributed by atoms with E-state index in [4.69, 9.17) is 0 Å². The molecule has 4 heteroatoms. The smallest absolute Gasteiger partial charge is 0.158 e. The van der Waals surface area contributed by atoms with Crippen molar-refractivity contribution in [2.75, 3.05) is 0 Å². The highest BCUT2D eigenvalue weighted by atomic mass is 16.3. The molecular weight excluding hydrogens is 202 g/mol. The molecular formula is C12H13N3O. The van der Waals surface area contributed by atoms with E-state index in [9.17, 15) is 5.11 Å². The molecule has 1 aliphatic heterocycles. The number of rotatable bonds is 1. The first-order valence-electron chi connectivity index (χ1n) is 5.48. The van der Waals surface area contributed by atoms with Gasteiger partial charge in [-0.15, -0.1) is 0 Å². The molecule has 2 aromatic heterocycles. The van der Waals surface area contributed by atoms with Crippen molar-refractivity contribution in [3.63, 3.8) is 0 Å². The molecule has 4 nitrogen and oxygen atoms in total. The van der Waals surface area contributed by atoms with Gasteiger partial charge in [-0.25, -0.2) is 4.98 Å². The van der Waals surface area contributed by atoms with Crippen LogP contribution in [0.4, 0.5) is 0 Å². The Labute approximate surface area is 93.6 Å². The highest BCUT2D eigenvalue weighted by Crippen LogP contribution is 2.22. The van der Waals surface area contributed by atoms with Gasteiger partial charge in [0.05, 0.1) is 6.10 Å². The summed E-state index contributed by atoms with van der Waals surface area (Å²) in [7, 11) is 0. The standard InChI is InChI=1S/C12H13N3O/c16-10-4-6-15-9(7-10)8-14-12(15)11-3-1-2-5-13-11/h1-3,5,8,10,16H,4,6-7H2. The first-order chi connectivity index (χ1) is 7.84. The van der Waals surface area contributed by atoms with Crippen LogP contribution in [0.3, 0.4) is 0 Å². The summed E-state index contributed by atoms with van der Waals surface area (Å²) in [6.07, 6.45) is 4.88. The molecule has 0 aromatic carbocycles. The zero-order chi connectivity index (χ0) is 11.0. The van der Waals surface area contributed by atoms with E-state index in [2.05, 4.69) is 14.5 Å². The number of fused-ring (bicyclic) bond motifs is 1. The lowest BCUT2D eigenvalue weighted by atomic mass is 10.1. The third-order valence-electron chi connectivity index (χ3n) is 2.96. The lowest BCUT2D eigenvalue weighted by Gasteiger charge is -2.20. The van der Waals surface area contributed by atoms with Crippen LogP contribution in [0.5, 0.6) is 0 Å². The number of pyridine rings is 1. The Morgan fingerprint density at radius 1 is 1.31 bits per heavy atom. The van der Waals surface area contributed by atoms with Crippen LogP contribution in [0.1, 0.15) is 12.1 Å². The van der Waals surface area contributed by atoms with Gasteiger partial charge in [0.2, 0.25) is 0 Å². The molecule has 1 atom stereocenters. The second-order valence-corrected chi connectivity index (χ2v) is 4.09. The predicted molar refractivity (Wildman–Crippen MR) is 59.8 cm³/mol. The van der Waals surface area contributed by atoms with Crippen molar-refractivity contribution in [2.45, 2.75) is 25.5 Å². The zero-order valence-electron chi connectivity index (χ0n) is 8.87. The van der Waals surface area contributed by atoms with E-state index in [0.717, 1.165) is 30.2 Å². The minimum Gasteiger partial charge on any atom is -0.393 e. The maximum absolute atomic E-state index is 9.58. The summed E-state index contributed by atoms with van der Waals surface area (Å²) in [6.45, 7) is 0.822. The summed E-state index contributed by atoms with van der Waals surface area (Å²) in [5.41, 5.74) is 1.99. The van der Waals surface area contributed by atoms with Crippen molar-refractivity contribution >= 4 is 0 Å². The van der Waals surface area contributed by atoms with Crippen molar-refractivity contribution in [3.8, 4) is 11.5 Å². The van der Waals surface area contributed by atoms with Gasteiger partial charge < -0.3 is 9.67 Å². The van der Waals surface area contributed by atoms with Crippen molar-refractivity contribution in [2.24, 2.45) is 0 Å². The molecule has 1 unspecified atom stereocenters. The van der Waals surface area contributed by atoms with E-state index in [0.29, 0.717) is 6.42 Å². The molecule has 0 aliphatic carbocycles. The first-order valence-corrected chi connectivity index (χ1v) is 5.48. The molecule has 2 aromatic rings. The summed E-state index contributed by atoms with van der Waals surface area (Å²) in [6, 6.07) is 5.82. The van der Waals surface area contributed by atoms with Crippen LogP contribution in [-0.4, -0.2) is 25.7 Å². The fourth-order valence-electron chi connectivity index (χ4n) is 2.14. The molecule has 0 bridgehead atoms. The monoisotopic (exact) mass is 215 g/mol. The largest absolute Gasteiger partial charge is 0.393 e. The molecule has 3 heterocycles. The third-order valence-corrected chi connectivity index (χ3v) is 2.96. The highest BCUT2D eigenvalue weighted by Gasteiger charge is 2.20. The van der Waals surface area contributed by atoms with E-state index in [-0.39, 0.29) is 6.10 Å². The Morgan fingerprint density at radius 3 is 3.06 bits per heavy atom. The summed E-state index contributed by atoms with van der Waals surface area (Å²) < 4.78 is 2.15. The van der Waals surface area contributed by atoms with E-state index in [1.165, 1.54) is 0 Å². The van der Waals surface area contributed by atoms with Crippen molar-refractivity contribution < 1.29 is 5.11 Å². The predicted octanol–water partition coefficient (Wildman–Crippen LogP) is 1.25. The van der Waals surface area contributed by atoms with E-state index < -0.39 is 0 Å². The quantitative estimate of drug-likeness (QED) is 0.779. The molecule has 82 valence electrons. The Hall–Kier alpha value is -1.68. The summed E-state index contributed by atoms with van der Waals surface area (Å²) in [4.78, 5) is 8.69. The fraction of sp³-hybridized carbons (Fsp3) is 0.333. The third kappa shape index (κ3) is 1.51. The number of aliphatic hydroxyl groups is 1. The number of hydrogen-bond donors (Lipinski definition) is 1. The lowest BCUT2D eigenvalue weighted by molar-refractivity contribution is 0.144. The van der Waals surface area contributed by atoms with Crippen LogP contribution in [0.2, 0.25) is 0 Å². The Bertz CT molecular complexity index is 492. The fourth-order valence-corrected chi connectivity index (χ4v) is 2.14. The van der Waals surface area contributed by atoms with Crippen LogP contribution < -0.4 is 0 Å². The van der Waals surface area contributed by atoms with E-state index in [1.807, 2.05) is 24.4 Å². The minimum atomic E-state index is -0.221. The normalized spacial score (nSPS) is 19.4. The van der Waals surface area contributed by atoms with E-state index in [1.54, 1.807) is 6.20 Å². The summed E-state index contributed by atoms with van der Waals surface area (Å²) >= 11 is 0. The SMILES string of the molecule is OC1CCn2c(cnc2-c2ccccn2)C1. The number of aliphatic hydroxyl groups excluding tert-OH is 1. The van der Waals surface area contributed by atoms with Gasteiger partial charge in [0, 0.05) is 31.1 Å². The van der Waals surface area contributed by atoms with Gasteiger partial charge in [-0.3, -0.25) is 4.98 Å². The molecule has 0 saturated heterocycles. The van der Waals surface area contributed by atoms with Gasteiger partial charge in [0.1, 0.15) is 5.69 Å². The van der Waals surface area contributed by atoms with E-state index >= 15 is 0 Å². The van der Waals surface area contributed by atoms with Crippen LogP contribution >= 0.6 is 0 Å². The Kier molecular flexibility index (Phi) is 2.22. The Morgan fingerprint density at radius 2 is 2.25 bits per heavy atom. The van der Waals surface area contributed by atoms with Crippen LogP contribution in [0, 0.1) is 0 Å². The average Bonchev–Trinajstić information content (AvgIpc) is 2.73. The van der Waals surface area contributed by atoms with Gasteiger partial charge in [-0.2, -0.15) is 0 Å². The number of nitrogens with zero attached hydrogens (tertiary/aromatic N) is 3. The van der Waals surface area contributed by atoms with Crippen LogP contribution in [0.15, 0.2) is 30.6 Å². The molecule has 16 heavy (non-hydrogen) atoms. The van der Waals surface area contributed by atoms with Gasteiger partial charge >= 0.3 is 0 Å². The molecule has 0 spiro atoms. The van der Waals surface area contributed by atoms with Crippen LogP contribution in [0.25, 0.3) is 11.5 Å². The van der Waals surface area contributed by atoms with Gasteiger partial charge in [0.25, 0.3) is 0 Å². The van der Waals surface area contributed by atoms with Crippen LogP contribution in [-0.2, 0) is 13.0 Å². The molecule has 0 saturated carbocycles. The maximum atomic E-state index is 9.58. The highest BCUT2D eigenvalue weighted by molar-refractivity contribution is 5.50. The molecule has 1 aliphatic rings. The molecule has 0 fully saturated rings. The number of imidazole rings is 1. The van der Waals surface area contributed by atoms with Gasteiger partial charge in [-0.05, 0) is 18.6 Å². The molecule has 3 rings (SSSR count). The second-order valence-electron chi connectivity index (χ2n) is 4.09. The lowest BCUT2D eigenvalue weighted by Crippen LogP contribution is -2.23. The summed E-state index contributed by atoms with van der Waals surface area (Å²) in [5, 5.41) is 9.58. The van der Waals surface area contributed by atoms with Gasteiger partial charge in [-0.1, -0.05) is 6.07 Å².